The largest absolute Gasteiger partial charge is 0.372 e. The first kappa shape index (κ1) is 21.3. The van der Waals surface area contributed by atoms with Crippen LogP contribution in [0.1, 0.15) is 41.5 Å². The van der Waals surface area contributed by atoms with Crippen molar-refractivity contribution in [2.75, 3.05) is 32.8 Å². The Hall–Kier alpha value is -0.790. The van der Waals surface area contributed by atoms with Crippen molar-refractivity contribution in [2.24, 2.45) is 0 Å². The van der Waals surface area contributed by atoms with Gasteiger partial charge in [-0.3, -0.25) is 14.6 Å². The number of ether oxygens (including phenoxy) is 1. The number of piperazine rings is 1. The molecule has 5 nitrogen and oxygen atoms in total. The smallest absolute Gasteiger partial charge is 0.283 e. The third-order valence-corrected chi connectivity index (χ3v) is 4.04. The second kappa shape index (κ2) is 9.06. The standard InChI is InChI=1S/C17H33F2N3O2/c1-12(2)20-16(23)9-22-14(5)7-21(8-15(22)6)10-17(18,19)11-24-13(3)4/h12-15H,7-11H2,1-6H3,(H,20,23)/t14-,15+. The van der Waals surface area contributed by atoms with Crippen LogP contribution in [0, 0.1) is 0 Å². The molecule has 0 aromatic rings. The summed E-state index contributed by atoms with van der Waals surface area (Å²) in [5.41, 5.74) is 0. The maximum atomic E-state index is 14.0. The lowest BCUT2D eigenvalue weighted by Crippen LogP contribution is -2.60. The molecule has 0 aliphatic carbocycles. The van der Waals surface area contributed by atoms with Crippen molar-refractivity contribution in [1.82, 2.24) is 15.1 Å². The van der Waals surface area contributed by atoms with Gasteiger partial charge >= 0.3 is 0 Å². The number of carbonyl (C=O) groups excluding carboxylic acids is 1. The van der Waals surface area contributed by atoms with E-state index in [4.69, 9.17) is 4.74 Å². The highest BCUT2D eigenvalue weighted by atomic mass is 19.3. The summed E-state index contributed by atoms with van der Waals surface area (Å²) in [4.78, 5) is 15.8. The molecule has 1 rings (SSSR count). The highest BCUT2D eigenvalue weighted by molar-refractivity contribution is 5.78. The van der Waals surface area contributed by atoms with Crippen LogP contribution in [0.5, 0.6) is 0 Å². The van der Waals surface area contributed by atoms with E-state index >= 15 is 0 Å². The van der Waals surface area contributed by atoms with Gasteiger partial charge < -0.3 is 10.1 Å². The molecule has 1 saturated heterocycles. The quantitative estimate of drug-likeness (QED) is 0.728. The fourth-order valence-corrected chi connectivity index (χ4v) is 3.10. The van der Waals surface area contributed by atoms with E-state index in [9.17, 15) is 13.6 Å². The van der Waals surface area contributed by atoms with Crippen LogP contribution in [0.3, 0.4) is 0 Å². The summed E-state index contributed by atoms with van der Waals surface area (Å²) < 4.78 is 33.1. The Morgan fingerprint density at radius 1 is 1.21 bits per heavy atom. The minimum atomic E-state index is -2.86. The highest BCUT2D eigenvalue weighted by Crippen LogP contribution is 2.21. The van der Waals surface area contributed by atoms with Crippen molar-refractivity contribution in [2.45, 2.75) is 71.7 Å². The van der Waals surface area contributed by atoms with Crippen LogP contribution in [0.4, 0.5) is 8.78 Å². The third-order valence-electron chi connectivity index (χ3n) is 4.04. The van der Waals surface area contributed by atoms with E-state index in [-0.39, 0.29) is 36.7 Å². The van der Waals surface area contributed by atoms with Crippen LogP contribution in [0.25, 0.3) is 0 Å². The molecule has 1 heterocycles. The van der Waals surface area contributed by atoms with E-state index in [0.29, 0.717) is 19.6 Å². The average molecular weight is 349 g/mol. The molecule has 0 aromatic carbocycles. The lowest BCUT2D eigenvalue weighted by molar-refractivity contribution is -0.128. The van der Waals surface area contributed by atoms with Gasteiger partial charge in [-0.2, -0.15) is 0 Å². The molecule has 1 amide bonds. The number of carbonyl (C=O) groups is 1. The zero-order valence-corrected chi connectivity index (χ0v) is 15.8. The van der Waals surface area contributed by atoms with Crippen molar-refractivity contribution >= 4 is 5.91 Å². The normalized spacial score (nSPS) is 23.9. The van der Waals surface area contributed by atoms with Crippen molar-refractivity contribution < 1.29 is 18.3 Å². The van der Waals surface area contributed by atoms with Gasteiger partial charge in [-0.1, -0.05) is 0 Å². The van der Waals surface area contributed by atoms with Gasteiger partial charge in [0.15, 0.2) is 0 Å². The van der Waals surface area contributed by atoms with E-state index in [2.05, 4.69) is 10.2 Å². The average Bonchev–Trinajstić information content (AvgIpc) is 2.39. The Kier molecular flexibility index (Phi) is 8.02. The number of hydrogen-bond donors (Lipinski definition) is 1. The molecular formula is C17H33F2N3O2. The number of amides is 1. The lowest BCUT2D eigenvalue weighted by Gasteiger charge is -2.44. The molecule has 1 aliphatic heterocycles. The SMILES string of the molecule is CC(C)NC(=O)CN1[C@H](C)CN(CC(F)(F)COC(C)C)C[C@@H]1C. The van der Waals surface area contributed by atoms with Gasteiger partial charge in [-0.15, -0.1) is 0 Å². The van der Waals surface area contributed by atoms with Crippen LogP contribution in [-0.4, -0.2) is 78.6 Å². The van der Waals surface area contributed by atoms with Crippen LogP contribution in [0.2, 0.25) is 0 Å². The van der Waals surface area contributed by atoms with Gasteiger partial charge in [0.05, 0.1) is 19.2 Å². The summed E-state index contributed by atoms with van der Waals surface area (Å²) in [5.74, 6) is -2.88. The van der Waals surface area contributed by atoms with Gasteiger partial charge in [-0.05, 0) is 41.5 Å². The number of rotatable bonds is 8. The van der Waals surface area contributed by atoms with Gasteiger partial charge in [0.2, 0.25) is 5.91 Å². The van der Waals surface area contributed by atoms with Crippen molar-refractivity contribution in [3.8, 4) is 0 Å². The lowest BCUT2D eigenvalue weighted by atomic mass is 10.1. The molecule has 0 unspecified atom stereocenters. The first-order chi connectivity index (χ1) is 11.0. The monoisotopic (exact) mass is 349 g/mol. The summed E-state index contributed by atoms with van der Waals surface area (Å²) >= 11 is 0. The topological polar surface area (TPSA) is 44.8 Å². The van der Waals surface area contributed by atoms with Crippen LogP contribution >= 0.6 is 0 Å². The zero-order chi connectivity index (χ0) is 18.5. The zero-order valence-electron chi connectivity index (χ0n) is 15.8. The fourth-order valence-electron chi connectivity index (χ4n) is 3.10. The minimum absolute atomic E-state index is 0.0205. The molecule has 0 saturated carbocycles. The van der Waals surface area contributed by atoms with Crippen molar-refractivity contribution in [3.05, 3.63) is 0 Å². The summed E-state index contributed by atoms with van der Waals surface area (Å²) in [7, 11) is 0. The predicted molar refractivity (Wildman–Crippen MR) is 91.4 cm³/mol. The molecule has 1 N–H and O–H groups in total. The molecule has 7 heteroatoms. The molecule has 2 atom stereocenters. The Labute approximate surface area is 144 Å². The summed E-state index contributed by atoms with van der Waals surface area (Å²) in [6.45, 7) is 11.8. The van der Waals surface area contributed by atoms with Gasteiger partial charge in [0.1, 0.15) is 6.61 Å². The molecule has 0 aromatic heterocycles. The Balaban J connectivity index is 2.54. The fraction of sp³-hybridized carbons (Fsp3) is 0.941. The van der Waals surface area contributed by atoms with Crippen molar-refractivity contribution in [3.63, 3.8) is 0 Å². The van der Waals surface area contributed by atoms with Crippen LogP contribution in [0.15, 0.2) is 0 Å². The van der Waals surface area contributed by atoms with E-state index in [1.54, 1.807) is 18.7 Å². The summed E-state index contributed by atoms with van der Waals surface area (Å²) in [6.07, 6.45) is -0.204. The second-order valence-corrected chi connectivity index (χ2v) is 7.50. The number of hydrogen-bond acceptors (Lipinski definition) is 4. The van der Waals surface area contributed by atoms with Gasteiger partial charge in [0, 0.05) is 31.2 Å². The summed E-state index contributed by atoms with van der Waals surface area (Å²) in [6, 6.07) is 0.200. The first-order valence-corrected chi connectivity index (χ1v) is 8.77. The molecule has 0 bridgehead atoms. The van der Waals surface area contributed by atoms with E-state index in [0.717, 1.165) is 0 Å². The van der Waals surface area contributed by atoms with Gasteiger partial charge in [-0.25, -0.2) is 8.78 Å². The van der Waals surface area contributed by atoms with E-state index in [1.807, 2.05) is 27.7 Å². The molecule has 0 spiro atoms. The number of nitrogens with zero attached hydrogens (tertiary/aromatic N) is 2. The van der Waals surface area contributed by atoms with Gasteiger partial charge in [0.25, 0.3) is 5.92 Å². The Bertz CT molecular complexity index is 393. The maximum Gasteiger partial charge on any atom is 0.283 e. The molecule has 1 fully saturated rings. The van der Waals surface area contributed by atoms with Crippen molar-refractivity contribution in [1.29, 1.82) is 0 Å². The van der Waals surface area contributed by atoms with E-state index < -0.39 is 12.5 Å². The summed E-state index contributed by atoms with van der Waals surface area (Å²) in [5, 5.41) is 2.88. The number of alkyl halides is 2. The second-order valence-electron chi connectivity index (χ2n) is 7.50. The minimum Gasteiger partial charge on any atom is -0.372 e. The van der Waals surface area contributed by atoms with E-state index in [1.165, 1.54) is 0 Å². The maximum absolute atomic E-state index is 14.0. The third kappa shape index (κ3) is 7.40. The van der Waals surface area contributed by atoms with Crippen LogP contribution in [-0.2, 0) is 9.53 Å². The van der Waals surface area contributed by atoms with Crippen LogP contribution < -0.4 is 5.32 Å². The Morgan fingerprint density at radius 3 is 2.21 bits per heavy atom. The molecule has 0 radical (unpaired) electrons. The number of halogens is 2. The molecular weight excluding hydrogens is 316 g/mol. The molecule has 142 valence electrons. The highest BCUT2D eigenvalue weighted by Gasteiger charge is 2.37. The predicted octanol–water partition coefficient (Wildman–Crippen LogP) is 1.97. The Morgan fingerprint density at radius 2 is 1.75 bits per heavy atom. The molecule has 24 heavy (non-hydrogen) atoms. The number of nitrogens with one attached hydrogen (secondary N) is 1. The molecule has 1 aliphatic rings. The first-order valence-electron chi connectivity index (χ1n) is 8.77.